The highest BCUT2D eigenvalue weighted by atomic mass is 19.4. The first-order valence-corrected chi connectivity index (χ1v) is 5.44. The number of carboxylic acid groups (broad SMARTS) is 1. The van der Waals surface area contributed by atoms with E-state index in [1.54, 1.807) is 0 Å². The van der Waals surface area contributed by atoms with Crippen molar-refractivity contribution in [3.8, 4) is 0 Å². The fourth-order valence-electron chi connectivity index (χ4n) is 1.70. The van der Waals surface area contributed by atoms with Crippen molar-refractivity contribution >= 4 is 11.7 Å². The molecule has 3 nitrogen and oxygen atoms in total. The van der Waals surface area contributed by atoms with E-state index in [-0.39, 0.29) is 5.54 Å². The number of halogens is 3. The number of hydrogen-bond acceptors (Lipinski definition) is 2. The van der Waals surface area contributed by atoms with E-state index in [1.165, 1.54) is 6.07 Å². The van der Waals surface area contributed by atoms with Crippen molar-refractivity contribution in [1.82, 2.24) is 0 Å². The summed E-state index contributed by atoms with van der Waals surface area (Å²) in [5.74, 6) is -1.58. The van der Waals surface area contributed by atoms with Crippen molar-refractivity contribution in [2.75, 3.05) is 5.32 Å². The van der Waals surface area contributed by atoms with Crippen LogP contribution in [0.4, 0.5) is 18.9 Å². The van der Waals surface area contributed by atoms with Gasteiger partial charge < -0.3 is 10.4 Å². The molecule has 0 unspecified atom stereocenters. The molecule has 0 radical (unpaired) electrons. The van der Waals surface area contributed by atoms with E-state index >= 15 is 0 Å². The fraction of sp³-hybridized carbons (Fsp3) is 0.417. The third kappa shape index (κ3) is 2.57. The van der Waals surface area contributed by atoms with E-state index in [9.17, 15) is 18.0 Å². The van der Waals surface area contributed by atoms with Gasteiger partial charge in [-0.05, 0) is 38.0 Å². The van der Waals surface area contributed by atoms with Crippen LogP contribution >= 0.6 is 0 Å². The Morgan fingerprint density at radius 3 is 2.44 bits per heavy atom. The smallest absolute Gasteiger partial charge is 0.417 e. The molecule has 0 bridgehead atoms. The van der Waals surface area contributed by atoms with Crippen molar-refractivity contribution in [2.24, 2.45) is 0 Å². The minimum Gasteiger partial charge on any atom is -0.478 e. The van der Waals surface area contributed by atoms with E-state index in [4.69, 9.17) is 5.11 Å². The van der Waals surface area contributed by atoms with Gasteiger partial charge in [0.1, 0.15) is 0 Å². The van der Waals surface area contributed by atoms with Crippen molar-refractivity contribution in [1.29, 1.82) is 0 Å². The molecule has 1 aromatic carbocycles. The molecule has 0 saturated heterocycles. The van der Waals surface area contributed by atoms with Crippen LogP contribution < -0.4 is 5.32 Å². The number of anilines is 1. The summed E-state index contributed by atoms with van der Waals surface area (Å²) < 4.78 is 38.2. The molecule has 0 heterocycles. The molecule has 1 fully saturated rings. The summed E-state index contributed by atoms with van der Waals surface area (Å²) in [5, 5.41) is 11.7. The zero-order valence-corrected chi connectivity index (χ0v) is 9.64. The van der Waals surface area contributed by atoms with Crippen molar-refractivity contribution in [2.45, 2.75) is 31.5 Å². The van der Waals surface area contributed by atoms with Gasteiger partial charge in [-0.25, -0.2) is 4.79 Å². The van der Waals surface area contributed by atoms with Gasteiger partial charge in [0.05, 0.1) is 11.1 Å². The predicted octanol–water partition coefficient (Wildman–Crippen LogP) is 3.37. The third-order valence-corrected chi connectivity index (χ3v) is 3.00. The fourth-order valence-corrected chi connectivity index (χ4v) is 1.70. The first-order valence-electron chi connectivity index (χ1n) is 5.44. The Morgan fingerprint density at radius 2 is 2.00 bits per heavy atom. The molecule has 98 valence electrons. The number of rotatable bonds is 3. The second-order valence-electron chi connectivity index (χ2n) is 4.75. The number of aromatic carboxylic acids is 1. The highest BCUT2D eigenvalue weighted by Crippen LogP contribution is 2.40. The van der Waals surface area contributed by atoms with Crippen LogP contribution in [0.1, 0.15) is 35.7 Å². The summed E-state index contributed by atoms with van der Waals surface area (Å²) in [6.07, 6.45) is -2.88. The van der Waals surface area contributed by atoms with Gasteiger partial charge in [0.25, 0.3) is 0 Å². The molecular weight excluding hydrogens is 247 g/mol. The Bertz CT molecular complexity index is 493. The summed E-state index contributed by atoms with van der Waals surface area (Å²) in [4.78, 5) is 10.8. The number of hydrogen-bond donors (Lipinski definition) is 2. The second kappa shape index (κ2) is 3.90. The van der Waals surface area contributed by atoms with Crippen LogP contribution in [0.3, 0.4) is 0 Å². The van der Waals surface area contributed by atoms with E-state index in [0.717, 1.165) is 25.0 Å². The van der Waals surface area contributed by atoms with E-state index in [2.05, 4.69) is 5.32 Å². The summed E-state index contributed by atoms with van der Waals surface area (Å²) in [5.41, 5.74) is -1.71. The average Bonchev–Trinajstić information content (AvgIpc) is 2.94. The van der Waals surface area contributed by atoms with Gasteiger partial charge in [0.2, 0.25) is 0 Å². The number of carbonyl (C=O) groups is 1. The summed E-state index contributed by atoms with van der Waals surface area (Å²) >= 11 is 0. The van der Waals surface area contributed by atoms with Crippen LogP contribution in [0, 0.1) is 0 Å². The minimum absolute atomic E-state index is 0.159. The highest BCUT2D eigenvalue weighted by molar-refractivity contribution is 5.90. The SMILES string of the molecule is CC1(Nc2ccc(C(=O)O)c(C(F)(F)F)c2)CC1. The third-order valence-electron chi connectivity index (χ3n) is 3.00. The molecule has 18 heavy (non-hydrogen) atoms. The van der Waals surface area contributed by atoms with Crippen LogP contribution in [0.25, 0.3) is 0 Å². The van der Waals surface area contributed by atoms with Crippen molar-refractivity contribution in [3.05, 3.63) is 29.3 Å². The maximum absolute atomic E-state index is 12.7. The highest BCUT2D eigenvalue weighted by Gasteiger charge is 2.39. The maximum Gasteiger partial charge on any atom is 0.417 e. The number of benzene rings is 1. The van der Waals surface area contributed by atoms with Crippen LogP contribution in [-0.4, -0.2) is 16.6 Å². The van der Waals surface area contributed by atoms with Gasteiger partial charge in [-0.3, -0.25) is 0 Å². The Balaban J connectivity index is 2.39. The molecule has 0 aromatic heterocycles. The molecule has 0 aliphatic heterocycles. The zero-order valence-electron chi connectivity index (χ0n) is 9.64. The molecule has 0 spiro atoms. The summed E-state index contributed by atoms with van der Waals surface area (Å²) in [6, 6.07) is 3.20. The monoisotopic (exact) mass is 259 g/mol. The lowest BCUT2D eigenvalue weighted by Crippen LogP contribution is -2.18. The Kier molecular flexibility index (Phi) is 2.76. The van der Waals surface area contributed by atoms with Gasteiger partial charge in [0.15, 0.2) is 0 Å². The average molecular weight is 259 g/mol. The number of alkyl halides is 3. The normalized spacial score (nSPS) is 17.3. The van der Waals surface area contributed by atoms with Crippen LogP contribution in [0.2, 0.25) is 0 Å². The standard InChI is InChI=1S/C12H12F3NO2/c1-11(4-5-11)16-7-2-3-8(10(17)18)9(6-7)12(13,14)15/h2-3,6,16H,4-5H2,1H3,(H,17,18). The lowest BCUT2D eigenvalue weighted by molar-refractivity contribution is -0.138. The topological polar surface area (TPSA) is 49.3 Å². The van der Waals surface area contributed by atoms with Crippen molar-refractivity contribution in [3.63, 3.8) is 0 Å². The Morgan fingerprint density at radius 1 is 1.39 bits per heavy atom. The molecule has 6 heteroatoms. The molecule has 2 N–H and O–H groups in total. The second-order valence-corrected chi connectivity index (χ2v) is 4.75. The largest absolute Gasteiger partial charge is 0.478 e. The van der Waals surface area contributed by atoms with Crippen LogP contribution in [0.15, 0.2) is 18.2 Å². The minimum atomic E-state index is -4.67. The molecule has 0 amide bonds. The van der Waals surface area contributed by atoms with Crippen LogP contribution in [-0.2, 0) is 6.18 Å². The lowest BCUT2D eigenvalue weighted by atomic mass is 10.1. The molecule has 1 aliphatic rings. The number of carboxylic acids is 1. The summed E-state index contributed by atoms with van der Waals surface area (Å²) in [7, 11) is 0. The molecule has 1 saturated carbocycles. The maximum atomic E-state index is 12.7. The van der Waals surface area contributed by atoms with Crippen molar-refractivity contribution < 1.29 is 23.1 Å². The first kappa shape index (κ1) is 12.7. The van der Waals surface area contributed by atoms with Gasteiger partial charge in [-0.2, -0.15) is 13.2 Å². The molecular formula is C12H12F3NO2. The summed E-state index contributed by atoms with van der Waals surface area (Å²) in [6.45, 7) is 1.91. The van der Waals surface area contributed by atoms with E-state index in [1.807, 2.05) is 6.92 Å². The number of nitrogens with one attached hydrogen (secondary N) is 1. The molecule has 1 aromatic rings. The quantitative estimate of drug-likeness (QED) is 0.875. The molecule has 2 rings (SSSR count). The molecule has 1 aliphatic carbocycles. The van der Waals surface area contributed by atoms with E-state index in [0.29, 0.717) is 5.69 Å². The van der Waals surface area contributed by atoms with Crippen LogP contribution in [0.5, 0.6) is 0 Å². The zero-order chi connectivity index (χ0) is 13.6. The lowest BCUT2D eigenvalue weighted by Gasteiger charge is -2.16. The van der Waals surface area contributed by atoms with Gasteiger partial charge >= 0.3 is 12.1 Å². The Labute approximate surface area is 102 Å². The van der Waals surface area contributed by atoms with Gasteiger partial charge in [-0.1, -0.05) is 0 Å². The van der Waals surface area contributed by atoms with Gasteiger partial charge in [0, 0.05) is 11.2 Å². The first-order chi connectivity index (χ1) is 8.21. The van der Waals surface area contributed by atoms with Gasteiger partial charge in [-0.15, -0.1) is 0 Å². The predicted molar refractivity (Wildman–Crippen MR) is 59.7 cm³/mol. The Hall–Kier alpha value is -1.72. The molecule has 0 atom stereocenters. The van der Waals surface area contributed by atoms with E-state index < -0.39 is 23.3 Å².